The van der Waals surface area contributed by atoms with Gasteiger partial charge in [-0.2, -0.15) is 5.10 Å². The van der Waals surface area contributed by atoms with Crippen LogP contribution in [0.15, 0.2) is 12.1 Å². The van der Waals surface area contributed by atoms with E-state index in [0.29, 0.717) is 6.54 Å². The van der Waals surface area contributed by atoms with Crippen LogP contribution in [0.2, 0.25) is 9.36 Å². The zero-order chi connectivity index (χ0) is 13.3. The second kappa shape index (κ2) is 5.61. The molecule has 98 valence electrons. The summed E-state index contributed by atoms with van der Waals surface area (Å²) in [5.41, 5.74) is 1.87. The summed E-state index contributed by atoms with van der Waals surface area (Å²) in [6.07, 6.45) is 0. The Bertz CT molecular complexity index is 548. The van der Waals surface area contributed by atoms with Crippen molar-refractivity contribution in [2.45, 2.75) is 26.4 Å². The fourth-order valence-electron chi connectivity index (χ4n) is 1.78. The molecule has 2 aromatic heterocycles. The van der Waals surface area contributed by atoms with Crippen molar-refractivity contribution >= 4 is 34.5 Å². The predicted molar refractivity (Wildman–Crippen MR) is 77.5 cm³/mol. The summed E-state index contributed by atoms with van der Waals surface area (Å²) < 4.78 is 2.63. The summed E-state index contributed by atoms with van der Waals surface area (Å²) >= 11 is 13.7. The van der Waals surface area contributed by atoms with E-state index in [0.717, 1.165) is 20.7 Å². The van der Waals surface area contributed by atoms with E-state index in [2.05, 4.69) is 17.3 Å². The van der Waals surface area contributed by atoms with Crippen LogP contribution in [0.5, 0.6) is 0 Å². The molecule has 1 unspecified atom stereocenters. The van der Waals surface area contributed by atoms with Crippen LogP contribution in [0, 0.1) is 6.92 Å². The Morgan fingerprint density at radius 3 is 2.67 bits per heavy atom. The minimum absolute atomic E-state index is 0.244. The number of halogens is 2. The van der Waals surface area contributed by atoms with Gasteiger partial charge in [0.25, 0.3) is 0 Å². The van der Waals surface area contributed by atoms with Gasteiger partial charge in [-0.25, -0.2) is 0 Å². The first kappa shape index (κ1) is 13.9. The van der Waals surface area contributed by atoms with Gasteiger partial charge in [0, 0.05) is 24.5 Å². The van der Waals surface area contributed by atoms with E-state index in [4.69, 9.17) is 23.2 Å². The highest BCUT2D eigenvalue weighted by Gasteiger charge is 2.13. The molecular weight excluding hydrogens is 289 g/mol. The molecule has 0 fully saturated rings. The van der Waals surface area contributed by atoms with Crippen molar-refractivity contribution in [2.24, 2.45) is 7.05 Å². The van der Waals surface area contributed by atoms with Crippen molar-refractivity contribution in [3.8, 4) is 0 Å². The third-order valence-corrected chi connectivity index (χ3v) is 4.76. The number of thiophene rings is 1. The Hall–Kier alpha value is -0.550. The maximum Gasteiger partial charge on any atom is 0.0931 e. The van der Waals surface area contributed by atoms with E-state index in [1.54, 1.807) is 11.3 Å². The van der Waals surface area contributed by atoms with Gasteiger partial charge in [-0.1, -0.05) is 23.2 Å². The van der Waals surface area contributed by atoms with E-state index in [-0.39, 0.29) is 6.04 Å². The van der Waals surface area contributed by atoms with Gasteiger partial charge in [0.1, 0.15) is 0 Å². The fourth-order valence-corrected chi connectivity index (χ4v) is 3.10. The lowest BCUT2D eigenvalue weighted by molar-refractivity contribution is 0.554. The van der Waals surface area contributed by atoms with Crippen LogP contribution in [-0.4, -0.2) is 9.78 Å². The average molecular weight is 304 g/mol. The van der Waals surface area contributed by atoms with Crippen LogP contribution in [0.25, 0.3) is 0 Å². The molecule has 6 heteroatoms. The minimum atomic E-state index is 0.244. The number of hydrogen-bond acceptors (Lipinski definition) is 3. The molecule has 2 rings (SSSR count). The third-order valence-electron chi connectivity index (χ3n) is 2.86. The van der Waals surface area contributed by atoms with Crippen LogP contribution >= 0.6 is 34.5 Å². The Kier molecular flexibility index (Phi) is 4.33. The smallest absolute Gasteiger partial charge is 0.0931 e. The largest absolute Gasteiger partial charge is 0.304 e. The van der Waals surface area contributed by atoms with Crippen LogP contribution in [-0.2, 0) is 13.6 Å². The number of aryl methyl sites for hydroxylation is 2. The molecule has 0 aliphatic rings. The molecule has 0 aliphatic heterocycles. The first-order chi connectivity index (χ1) is 8.49. The number of nitrogens with one attached hydrogen (secondary N) is 1. The second-order valence-electron chi connectivity index (χ2n) is 4.21. The quantitative estimate of drug-likeness (QED) is 0.927. The molecule has 0 spiro atoms. The zero-order valence-corrected chi connectivity index (χ0v) is 12.8. The molecule has 0 aliphatic carbocycles. The van der Waals surface area contributed by atoms with Gasteiger partial charge >= 0.3 is 0 Å². The van der Waals surface area contributed by atoms with Gasteiger partial charge in [-0.3, -0.25) is 4.68 Å². The zero-order valence-electron chi connectivity index (χ0n) is 10.5. The molecule has 0 radical (unpaired) electrons. The lowest BCUT2D eigenvalue weighted by Crippen LogP contribution is -2.19. The first-order valence-corrected chi connectivity index (χ1v) is 7.23. The molecule has 1 atom stereocenters. The van der Waals surface area contributed by atoms with Crippen LogP contribution in [0.1, 0.15) is 29.2 Å². The maximum atomic E-state index is 6.21. The standard InChI is InChI=1S/C12H15Cl2N3S/c1-7(10-4-5-11(13)18-10)15-6-9-12(14)8(2)16-17(9)3/h4-5,7,15H,6H2,1-3H3. The minimum Gasteiger partial charge on any atom is -0.304 e. The van der Waals surface area contributed by atoms with Gasteiger partial charge in [0.05, 0.1) is 20.7 Å². The van der Waals surface area contributed by atoms with E-state index in [1.807, 2.05) is 30.8 Å². The highest BCUT2D eigenvalue weighted by Crippen LogP contribution is 2.27. The monoisotopic (exact) mass is 303 g/mol. The summed E-state index contributed by atoms with van der Waals surface area (Å²) in [6.45, 7) is 4.71. The summed E-state index contributed by atoms with van der Waals surface area (Å²) in [7, 11) is 1.91. The van der Waals surface area contributed by atoms with Gasteiger partial charge in [-0.15, -0.1) is 11.3 Å². The summed E-state index contributed by atoms with van der Waals surface area (Å²) in [4.78, 5) is 1.22. The molecule has 0 saturated carbocycles. The third kappa shape index (κ3) is 2.88. The van der Waals surface area contributed by atoms with E-state index in [1.165, 1.54) is 4.88 Å². The van der Waals surface area contributed by atoms with E-state index < -0.39 is 0 Å². The number of nitrogens with zero attached hydrogens (tertiary/aromatic N) is 2. The lowest BCUT2D eigenvalue weighted by Gasteiger charge is -2.12. The number of rotatable bonds is 4. The summed E-state index contributed by atoms with van der Waals surface area (Å²) in [5, 5.41) is 8.46. The van der Waals surface area contributed by atoms with Gasteiger partial charge in [0.15, 0.2) is 0 Å². The molecule has 0 bridgehead atoms. The Morgan fingerprint density at radius 2 is 2.17 bits per heavy atom. The molecule has 0 amide bonds. The summed E-state index contributed by atoms with van der Waals surface area (Å²) in [6, 6.07) is 4.20. The SMILES string of the molecule is Cc1nn(C)c(CNC(C)c2ccc(Cl)s2)c1Cl. The summed E-state index contributed by atoms with van der Waals surface area (Å²) in [5.74, 6) is 0. The van der Waals surface area contributed by atoms with Crippen LogP contribution in [0.3, 0.4) is 0 Å². The van der Waals surface area contributed by atoms with Gasteiger partial charge in [0.2, 0.25) is 0 Å². The normalized spacial score (nSPS) is 12.9. The molecule has 0 saturated heterocycles. The molecule has 2 aromatic rings. The van der Waals surface area contributed by atoms with Crippen LogP contribution in [0.4, 0.5) is 0 Å². The lowest BCUT2D eigenvalue weighted by atomic mass is 10.2. The van der Waals surface area contributed by atoms with Crippen molar-refractivity contribution in [2.75, 3.05) is 0 Å². The Morgan fingerprint density at radius 1 is 1.44 bits per heavy atom. The molecule has 0 aromatic carbocycles. The fraction of sp³-hybridized carbons (Fsp3) is 0.417. The second-order valence-corrected chi connectivity index (χ2v) is 6.34. The average Bonchev–Trinajstić information content (AvgIpc) is 2.83. The topological polar surface area (TPSA) is 29.9 Å². The molecule has 18 heavy (non-hydrogen) atoms. The Labute approximate surface area is 121 Å². The van der Waals surface area contributed by atoms with Gasteiger partial charge < -0.3 is 5.32 Å². The van der Waals surface area contributed by atoms with E-state index in [9.17, 15) is 0 Å². The van der Waals surface area contributed by atoms with Crippen molar-refractivity contribution < 1.29 is 0 Å². The molecule has 3 nitrogen and oxygen atoms in total. The van der Waals surface area contributed by atoms with Crippen LogP contribution < -0.4 is 5.32 Å². The first-order valence-electron chi connectivity index (χ1n) is 5.65. The number of hydrogen-bond donors (Lipinski definition) is 1. The highest BCUT2D eigenvalue weighted by atomic mass is 35.5. The Balaban J connectivity index is 2.03. The van der Waals surface area contributed by atoms with Gasteiger partial charge in [-0.05, 0) is 26.0 Å². The number of aromatic nitrogens is 2. The maximum absolute atomic E-state index is 6.21. The predicted octanol–water partition coefficient (Wildman–Crippen LogP) is 3.95. The highest BCUT2D eigenvalue weighted by molar-refractivity contribution is 7.16. The van der Waals surface area contributed by atoms with Crippen molar-refractivity contribution in [3.05, 3.63) is 37.8 Å². The van der Waals surface area contributed by atoms with Crippen molar-refractivity contribution in [1.82, 2.24) is 15.1 Å². The van der Waals surface area contributed by atoms with Crippen molar-refractivity contribution in [1.29, 1.82) is 0 Å². The van der Waals surface area contributed by atoms with E-state index >= 15 is 0 Å². The molecular formula is C12H15Cl2N3S. The molecule has 2 heterocycles. The van der Waals surface area contributed by atoms with Crippen molar-refractivity contribution in [3.63, 3.8) is 0 Å². The molecule has 1 N–H and O–H groups in total.